The van der Waals surface area contributed by atoms with Crippen molar-refractivity contribution in [3.8, 4) is 28.7 Å². The van der Waals surface area contributed by atoms with Crippen LogP contribution in [0.1, 0.15) is 37.3 Å². The van der Waals surface area contributed by atoms with Gasteiger partial charge in [-0.15, -0.1) is 0 Å². The number of halogens is 5. The van der Waals surface area contributed by atoms with E-state index in [0.717, 1.165) is 37.5 Å². The van der Waals surface area contributed by atoms with Crippen LogP contribution >= 0.6 is 0 Å². The third-order valence-corrected chi connectivity index (χ3v) is 5.55. The average molecular weight is 480 g/mol. The normalized spacial score (nSPS) is 10.8. The van der Waals surface area contributed by atoms with Gasteiger partial charge in [-0.2, -0.15) is 0 Å². The second-order valence-corrected chi connectivity index (χ2v) is 8.06. The molecule has 0 N–H and O–H groups in total. The molecule has 0 fully saturated rings. The average Bonchev–Trinajstić information content (AvgIpc) is 2.83. The molecular weight excluding hydrogens is 459 g/mol. The Labute approximate surface area is 200 Å². The smallest absolute Gasteiger partial charge is 0.166 e. The molecule has 0 saturated carbocycles. The van der Waals surface area contributed by atoms with E-state index in [1.54, 1.807) is 6.07 Å². The number of benzene rings is 4. The van der Waals surface area contributed by atoms with E-state index in [1.165, 1.54) is 36.4 Å². The van der Waals surface area contributed by atoms with Crippen molar-refractivity contribution in [3.63, 3.8) is 0 Å². The molecule has 0 unspecified atom stereocenters. The van der Waals surface area contributed by atoms with E-state index < -0.39 is 34.6 Å². The third kappa shape index (κ3) is 5.46. The molecule has 0 saturated heterocycles. The first kappa shape index (κ1) is 24.3. The Morgan fingerprint density at radius 3 is 2.20 bits per heavy atom. The molecule has 0 aliphatic rings. The molecule has 6 heteroatoms. The minimum atomic E-state index is -0.974. The van der Waals surface area contributed by atoms with Crippen LogP contribution in [0.2, 0.25) is 0 Å². The Balaban J connectivity index is 1.58. The van der Waals surface area contributed by atoms with Crippen LogP contribution < -0.4 is 4.74 Å². The van der Waals surface area contributed by atoms with Gasteiger partial charge >= 0.3 is 0 Å². The molecule has 0 aromatic heterocycles. The van der Waals surface area contributed by atoms with Crippen LogP contribution in [-0.4, -0.2) is 6.61 Å². The molecule has 0 spiro atoms. The van der Waals surface area contributed by atoms with Gasteiger partial charge in [-0.05, 0) is 59.8 Å². The summed E-state index contributed by atoms with van der Waals surface area (Å²) in [6.45, 7) is 2.53. The number of ether oxygens (including phenoxy) is 1. The van der Waals surface area contributed by atoms with Gasteiger partial charge in [-0.25, -0.2) is 22.0 Å². The van der Waals surface area contributed by atoms with E-state index in [2.05, 4.69) is 18.8 Å². The molecule has 0 aliphatic carbocycles. The molecular formula is C29H21F5O. The summed E-state index contributed by atoms with van der Waals surface area (Å²) in [5, 5.41) is 0.483. The summed E-state index contributed by atoms with van der Waals surface area (Å²) < 4.78 is 76.8. The van der Waals surface area contributed by atoms with Gasteiger partial charge in [0.05, 0.1) is 12.2 Å². The van der Waals surface area contributed by atoms with Crippen LogP contribution in [0.3, 0.4) is 0 Å². The van der Waals surface area contributed by atoms with E-state index in [1.807, 2.05) is 0 Å². The van der Waals surface area contributed by atoms with Gasteiger partial charge in [-0.1, -0.05) is 43.7 Å². The Kier molecular flexibility index (Phi) is 7.36. The summed E-state index contributed by atoms with van der Waals surface area (Å²) in [5.74, 6) is 0.947. The highest BCUT2D eigenvalue weighted by molar-refractivity contribution is 5.84. The van der Waals surface area contributed by atoms with Crippen LogP contribution in [0.25, 0.3) is 21.9 Å². The largest absolute Gasteiger partial charge is 0.493 e. The summed E-state index contributed by atoms with van der Waals surface area (Å²) in [4.78, 5) is 0. The zero-order chi connectivity index (χ0) is 24.9. The highest BCUT2D eigenvalue weighted by atomic mass is 19.2. The Morgan fingerprint density at radius 2 is 1.49 bits per heavy atom. The fourth-order valence-corrected chi connectivity index (χ4v) is 3.69. The number of fused-ring (bicyclic) bond motifs is 1. The first-order valence-corrected chi connectivity index (χ1v) is 11.2. The standard InChI is InChI=1S/C29H21F5O/c1-2-3-4-13-35-21-8-11-22(28(33)17-21)20-15-26(31)24(27(32)16-20)10-6-18-5-9-23-19(14-18)7-12-25(30)29(23)34/h5,7-9,11-12,14-17H,2-4,13H2,1H3. The maximum Gasteiger partial charge on any atom is 0.166 e. The topological polar surface area (TPSA) is 9.23 Å². The van der Waals surface area contributed by atoms with Gasteiger partial charge in [0.25, 0.3) is 0 Å². The summed E-state index contributed by atoms with van der Waals surface area (Å²) in [7, 11) is 0. The molecule has 1 nitrogen and oxygen atoms in total. The Morgan fingerprint density at radius 1 is 0.714 bits per heavy atom. The van der Waals surface area contributed by atoms with Gasteiger partial charge in [0.1, 0.15) is 23.2 Å². The fraction of sp³-hybridized carbons (Fsp3) is 0.172. The van der Waals surface area contributed by atoms with Crippen molar-refractivity contribution >= 4 is 10.8 Å². The summed E-state index contributed by atoms with van der Waals surface area (Å²) in [6, 6.07) is 12.9. The lowest BCUT2D eigenvalue weighted by Gasteiger charge is -2.09. The molecule has 0 heterocycles. The number of hydrogen-bond acceptors (Lipinski definition) is 1. The van der Waals surface area contributed by atoms with Crippen molar-refractivity contribution < 1.29 is 26.7 Å². The molecule has 4 aromatic carbocycles. The lowest BCUT2D eigenvalue weighted by Crippen LogP contribution is -1.98. The van der Waals surface area contributed by atoms with E-state index in [4.69, 9.17) is 4.74 Å². The van der Waals surface area contributed by atoms with Crippen molar-refractivity contribution in [2.45, 2.75) is 26.2 Å². The maximum absolute atomic E-state index is 14.7. The number of rotatable bonds is 6. The molecule has 4 rings (SSSR count). The van der Waals surface area contributed by atoms with Gasteiger partial charge in [0, 0.05) is 22.6 Å². The summed E-state index contributed by atoms with van der Waals surface area (Å²) in [6.07, 6.45) is 2.90. The summed E-state index contributed by atoms with van der Waals surface area (Å²) >= 11 is 0. The van der Waals surface area contributed by atoms with Crippen LogP contribution in [0.5, 0.6) is 5.75 Å². The fourth-order valence-electron chi connectivity index (χ4n) is 3.69. The van der Waals surface area contributed by atoms with Gasteiger partial charge in [-0.3, -0.25) is 0 Å². The maximum atomic E-state index is 14.7. The van der Waals surface area contributed by atoms with Crippen molar-refractivity contribution in [2.75, 3.05) is 6.61 Å². The van der Waals surface area contributed by atoms with Gasteiger partial charge in [0.15, 0.2) is 11.6 Å². The Hall–Kier alpha value is -3.85. The predicted molar refractivity (Wildman–Crippen MR) is 127 cm³/mol. The second-order valence-electron chi connectivity index (χ2n) is 8.06. The molecule has 0 bridgehead atoms. The lowest BCUT2D eigenvalue weighted by molar-refractivity contribution is 0.305. The molecule has 4 aromatic rings. The zero-order valence-electron chi connectivity index (χ0n) is 18.9. The Bertz CT molecular complexity index is 1430. The van der Waals surface area contributed by atoms with Crippen molar-refractivity contribution in [2.24, 2.45) is 0 Å². The molecule has 35 heavy (non-hydrogen) atoms. The highest BCUT2D eigenvalue weighted by Crippen LogP contribution is 2.29. The van der Waals surface area contributed by atoms with E-state index in [-0.39, 0.29) is 16.5 Å². The number of unbranched alkanes of at least 4 members (excludes halogenated alkanes) is 2. The van der Waals surface area contributed by atoms with Crippen LogP contribution in [0, 0.1) is 40.9 Å². The van der Waals surface area contributed by atoms with Crippen molar-refractivity contribution in [3.05, 3.63) is 101 Å². The van der Waals surface area contributed by atoms with Crippen LogP contribution in [0.4, 0.5) is 22.0 Å². The van der Waals surface area contributed by atoms with Crippen LogP contribution in [0.15, 0.2) is 60.7 Å². The first-order valence-electron chi connectivity index (χ1n) is 11.2. The predicted octanol–water partition coefficient (Wildman–Crippen LogP) is 8.17. The van der Waals surface area contributed by atoms with Crippen molar-refractivity contribution in [1.82, 2.24) is 0 Å². The monoisotopic (exact) mass is 480 g/mol. The SMILES string of the molecule is CCCCCOc1ccc(-c2cc(F)c(C#Cc3ccc4c(F)c(F)ccc4c3)c(F)c2)c(F)c1. The summed E-state index contributed by atoms with van der Waals surface area (Å²) in [5.41, 5.74) is -0.0434. The van der Waals surface area contributed by atoms with Crippen LogP contribution in [-0.2, 0) is 0 Å². The molecule has 0 aliphatic heterocycles. The minimum Gasteiger partial charge on any atom is -0.493 e. The zero-order valence-corrected chi connectivity index (χ0v) is 18.9. The lowest BCUT2D eigenvalue weighted by atomic mass is 10.0. The number of hydrogen-bond donors (Lipinski definition) is 0. The molecule has 0 atom stereocenters. The highest BCUT2D eigenvalue weighted by Gasteiger charge is 2.14. The van der Waals surface area contributed by atoms with E-state index in [9.17, 15) is 22.0 Å². The van der Waals surface area contributed by atoms with E-state index >= 15 is 0 Å². The molecule has 0 radical (unpaired) electrons. The molecule has 178 valence electrons. The van der Waals surface area contributed by atoms with Gasteiger partial charge in [0.2, 0.25) is 0 Å². The first-order chi connectivity index (χ1) is 16.9. The van der Waals surface area contributed by atoms with Gasteiger partial charge < -0.3 is 4.74 Å². The minimum absolute atomic E-state index is 0.0313. The van der Waals surface area contributed by atoms with Crippen molar-refractivity contribution in [1.29, 1.82) is 0 Å². The second kappa shape index (κ2) is 10.6. The quantitative estimate of drug-likeness (QED) is 0.154. The third-order valence-electron chi connectivity index (χ3n) is 5.55. The molecule has 0 amide bonds. The van der Waals surface area contributed by atoms with E-state index in [0.29, 0.717) is 23.3 Å².